The molecule has 0 spiro atoms. The molecule has 1 atom stereocenters. The number of carbonyl (C=O) groups is 2. The van der Waals surface area contributed by atoms with E-state index in [1.54, 1.807) is 0 Å². The minimum Gasteiger partial charge on any atom is -0.463 e. The summed E-state index contributed by atoms with van der Waals surface area (Å²) in [6.45, 7) is 4.61. The topological polar surface area (TPSA) is 78.9 Å². The van der Waals surface area contributed by atoms with Crippen LogP contribution in [0.3, 0.4) is 0 Å². The molecule has 8 heteroatoms. The van der Waals surface area contributed by atoms with Gasteiger partial charge >= 0.3 is 19.0 Å². The van der Waals surface area contributed by atoms with Gasteiger partial charge < -0.3 is 13.8 Å². The van der Waals surface area contributed by atoms with Crippen LogP contribution >= 0.6 is 7.60 Å². The molecule has 1 unspecified atom stereocenters. The van der Waals surface area contributed by atoms with Gasteiger partial charge in [-0.25, -0.2) is 9.18 Å². The molecule has 0 heterocycles. The number of Topliss-reactive ketones (excluding diaryl/α,β-unsaturated/α-hetero) is 1. The van der Waals surface area contributed by atoms with E-state index in [4.69, 9.17) is 9.05 Å². The van der Waals surface area contributed by atoms with Gasteiger partial charge in [0.25, 0.3) is 0 Å². The molecule has 106 valence electrons. The first-order chi connectivity index (χ1) is 8.30. The molecule has 0 aromatic rings. The molecule has 0 saturated heterocycles. The fourth-order valence-corrected chi connectivity index (χ4v) is 3.01. The molecule has 0 aromatic carbocycles. The Hall–Kier alpha value is -0.780. The molecule has 0 saturated carbocycles. The molecule has 0 radical (unpaired) electrons. The first kappa shape index (κ1) is 17.2. The van der Waals surface area contributed by atoms with E-state index in [0.717, 1.165) is 6.92 Å². The number of hydrogen-bond acceptors (Lipinski definition) is 6. The van der Waals surface area contributed by atoms with E-state index in [1.807, 2.05) is 0 Å². The van der Waals surface area contributed by atoms with Gasteiger partial charge in [0.05, 0.1) is 19.8 Å². The molecule has 0 fully saturated rings. The van der Waals surface area contributed by atoms with Gasteiger partial charge in [-0.2, -0.15) is 0 Å². The zero-order valence-electron chi connectivity index (χ0n) is 10.9. The fourth-order valence-electron chi connectivity index (χ4n) is 1.23. The van der Waals surface area contributed by atoms with E-state index in [-0.39, 0.29) is 19.8 Å². The van der Waals surface area contributed by atoms with Crippen LogP contribution in [0.25, 0.3) is 0 Å². The van der Waals surface area contributed by atoms with E-state index in [1.165, 1.54) is 20.8 Å². The maximum atomic E-state index is 14.6. The smallest absolute Gasteiger partial charge is 0.387 e. The maximum absolute atomic E-state index is 14.6. The van der Waals surface area contributed by atoms with Crippen molar-refractivity contribution in [2.24, 2.45) is 0 Å². The third-order valence-electron chi connectivity index (χ3n) is 1.99. The number of ketones is 1. The summed E-state index contributed by atoms with van der Waals surface area (Å²) < 4.78 is 40.7. The van der Waals surface area contributed by atoms with Crippen molar-refractivity contribution < 1.29 is 32.3 Å². The summed E-state index contributed by atoms with van der Waals surface area (Å²) in [6, 6.07) is 0. The van der Waals surface area contributed by atoms with E-state index in [2.05, 4.69) is 4.74 Å². The second-order valence-corrected chi connectivity index (χ2v) is 5.36. The number of ether oxygens (including phenoxy) is 1. The van der Waals surface area contributed by atoms with Crippen molar-refractivity contribution >= 4 is 19.3 Å². The Kier molecular flexibility index (Phi) is 6.67. The summed E-state index contributed by atoms with van der Waals surface area (Å²) >= 11 is 0. The lowest BCUT2D eigenvalue weighted by atomic mass is 10.3. The second-order valence-electron chi connectivity index (χ2n) is 3.23. The number of esters is 1. The lowest BCUT2D eigenvalue weighted by Gasteiger charge is -2.27. The van der Waals surface area contributed by atoms with Crippen molar-refractivity contribution in [1.82, 2.24) is 0 Å². The Labute approximate surface area is 105 Å². The quantitative estimate of drug-likeness (QED) is 0.385. The van der Waals surface area contributed by atoms with Crippen LogP contribution in [0.5, 0.6) is 0 Å². The normalized spacial score (nSPS) is 14.9. The second kappa shape index (κ2) is 6.97. The van der Waals surface area contributed by atoms with Crippen molar-refractivity contribution in [3.63, 3.8) is 0 Å². The zero-order chi connectivity index (χ0) is 14.4. The fraction of sp³-hybridized carbons (Fsp3) is 0.800. The predicted molar refractivity (Wildman–Crippen MR) is 62.0 cm³/mol. The van der Waals surface area contributed by atoms with Crippen LogP contribution in [0.2, 0.25) is 0 Å². The molecule has 0 N–H and O–H groups in total. The van der Waals surface area contributed by atoms with Gasteiger partial charge in [0, 0.05) is 0 Å². The zero-order valence-corrected chi connectivity index (χ0v) is 11.8. The predicted octanol–water partition coefficient (Wildman–Crippen LogP) is 2.07. The highest BCUT2D eigenvalue weighted by molar-refractivity contribution is 7.57. The average molecular weight is 284 g/mol. The summed E-state index contributed by atoms with van der Waals surface area (Å²) in [5, 5.41) is -3.42. The Morgan fingerprint density at radius 3 is 1.83 bits per heavy atom. The summed E-state index contributed by atoms with van der Waals surface area (Å²) in [7, 11) is -4.57. The van der Waals surface area contributed by atoms with E-state index >= 15 is 0 Å². The number of halogens is 1. The Balaban J connectivity index is 5.60. The largest absolute Gasteiger partial charge is 0.463 e. The van der Waals surface area contributed by atoms with Crippen molar-refractivity contribution in [2.75, 3.05) is 19.8 Å². The van der Waals surface area contributed by atoms with Crippen LogP contribution in [-0.2, 0) is 27.9 Å². The third-order valence-corrected chi connectivity index (χ3v) is 4.44. The van der Waals surface area contributed by atoms with Gasteiger partial charge in [-0.15, -0.1) is 0 Å². The molecule has 0 amide bonds. The first-order valence-electron chi connectivity index (χ1n) is 5.56. The van der Waals surface area contributed by atoms with Gasteiger partial charge in [0.15, 0.2) is 5.78 Å². The Bertz CT molecular complexity index is 348. The van der Waals surface area contributed by atoms with Crippen molar-refractivity contribution in [2.45, 2.75) is 33.1 Å². The van der Waals surface area contributed by atoms with Gasteiger partial charge in [-0.1, -0.05) is 0 Å². The highest BCUT2D eigenvalue weighted by Crippen LogP contribution is 2.61. The van der Waals surface area contributed by atoms with Crippen molar-refractivity contribution in [3.05, 3.63) is 0 Å². The van der Waals surface area contributed by atoms with Crippen LogP contribution in [0.4, 0.5) is 4.39 Å². The summed E-state index contributed by atoms with van der Waals surface area (Å²) in [5.74, 6) is -2.83. The van der Waals surface area contributed by atoms with E-state index < -0.39 is 24.8 Å². The van der Waals surface area contributed by atoms with Gasteiger partial charge in [0.1, 0.15) is 0 Å². The van der Waals surface area contributed by atoms with Crippen LogP contribution in [0, 0.1) is 0 Å². The molecule has 0 rings (SSSR count). The third kappa shape index (κ3) is 3.16. The highest BCUT2D eigenvalue weighted by atomic mass is 31.2. The summed E-state index contributed by atoms with van der Waals surface area (Å²) in [4.78, 5) is 22.9. The minimum absolute atomic E-state index is 0.157. The molecular formula is C10H18FO6P. The van der Waals surface area contributed by atoms with Crippen molar-refractivity contribution in [3.8, 4) is 0 Å². The molecule has 0 bridgehead atoms. The van der Waals surface area contributed by atoms with Crippen molar-refractivity contribution in [1.29, 1.82) is 0 Å². The van der Waals surface area contributed by atoms with Gasteiger partial charge in [0.2, 0.25) is 0 Å². The number of alkyl halides is 1. The Morgan fingerprint density at radius 2 is 1.56 bits per heavy atom. The molecule has 0 aromatic heterocycles. The van der Waals surface area contributed by atoms with Gasteiger partial charge in [-0.05, 0) is 27.7 Å². The van der Waals surface area contributed by atoms with E-state index in [9.17, 15) is 18.5 Å². The van der Waals surface area contributed by atoms with Crippen LogP contribution in [0.1, 0.15) is 27.7 Å². The lowest BCUT2D eigenvalue weighted by Crippen LogP contribution is -2.43. The maximum Gasteiger partial charge on any atom is 0.387 e. The molecular weight excluding hydrogens is 266 g/mol. The molecule has 0 aliphatic rings. The lowest BCUT2D eigenvalue weighted by molar-refractivity contribution is -0.156. The summed E-state index contributed by atoms with van der Waals surface area (Å²) in [5.41, 5.74) is 0. The SMILES string of the molecule is CCOC(=O)C(F)(C(C)=O)P(=O)(OCC)OCC. The van der Waals surface area contributed by atoms with Crippen LogP contribution in [0.15, 0.2) is 0 Å². The summed E-state index contributed by atoms with van der Waals surface area (Å²) in [6.07, 6.45) is 0. The monoisotopic (exact) mass is 284 g/mol. The minimum atomic E-state index is -4.57. The molecule has 0 aliphatic heterocycles. The number of rotatable bonds is 8. The highest BCUT2D eigenvalue weighted by Gasteiger charge is 2.63. The van der Waals surface area contributed by atoms with Gasteiger partial charge in [-0.3, -0.25) is 9.36 Å². The van der Waals surface area contributed by atoms with E-state index in [0.29, 0.717) is 0 Å². The van der Waals surface area contributed by atoms with Crippen LogP contribution < -0.4 is 0 Å². The Morgan fingerprint density at radius 1 is 1.11 bits per heavy atom. The van der Waals surface area contributed by atoms with Crippen LogP contribution in [-0.4, -0.2) is 37.0 Å². The number of carbonyl (C=O) groups excluding carboxylic acids is 2. The first-order valence-corrected chi connectivity index (χ1v) is 7.10. The molecule has 18 heavy (non-hydrogen) atoms. The molecule has 0 aliphatic carbocycles. The standard InChI is InChI=1S/C10H18FO6P/c1-5-15-9(13)10(11,8(4)12)18(14,16-6-2)17-7-3/h5-7H2,1-4H3. The average Bonchev–Trinajstić information content (AvgIpc) is 2.28. The number of hydrogen-bond donors (Lipinski definition) is 0. The molecule has 6 nitrogen and oxygen atoms in total.